The number of benzene rings is 2. The first kappa shape index (κ1) is 22.8. The Morgan fingerprint density at radius 2 is 1.93 bits per heavy atom. The average Bonchev–Trinajstić information content (AvgIpc) is 3.16. The Bertz CT molecular complexity index is 850. The second-order valence-electron chi connectivity index (χ2n) is 8.01. The van der Waals surface area contributed by atoms with E-state index in [0.717, 1.165) is 42.6 Å². The van der Waals surface area contributed by atoms with Gasteiger partial charge in [0.05, 0.1) is 0 Å². The summed E-state index contributed by atoms with van der Waals surface area (Å²) in [6, 6.07) is 14.8. The van der Waals surface area contributed by atoms with E-state index in [0.29, 0.717) is 6.54 Å². The third kappa shape index (κ3) is 6.56. The van der Waals surface area contributed by atoms with Crippen molar-refractivity contribution in [2.24, 2.45) is 0 Å². The van der Waals surface area contributed by atoms with Gasteiger partial charge in [0, 0.05) is 30.3 Å². The standard InChI is InChI=1S/C25H32ClN3S/c1-3-15-28(2)16-6-4-5-7-20-10-13-24-22(18-20)14-17-29(24)25(30)27-19-21-8-11-23(26)12-9-21/h3,8-13,18H,1,4-7,14-17,19H2,2H3,(H,27,30). The van der Waals surface area contributed by atoms with Gasteiger partial charge in [-0.2, -0.15) is 0 Å². The number of thiocarbonyl (C=S) groups is 1. The lowest BCUT2D eigenvalue weighted by molar-refractivity contribution is 0.358. The smallest absolute Gasteiger partial charge is 0.173 e. The minimum Gasteiger partial charge on any atom is -0.358 e. The molecule has 0 amide bonds. The molecule has 5 heteroatoms. The van der Waals surface area contributed by atoms with Crippen LogP contribution in [0.3, 0.4) is 0 Å². The molecule has 0 radical (unpaired) electrons. The lowest BCUT2D eigenvalue weighted by atomic mass is 10.0. The first-order valence-electron chi connectivity index (χ1n) is 10.8. The summed E-state index contributed by atoms with van der Waals surface area (Å²) in [5.74, 6) is 0. The summed E-state index contributed by atoms with van der Waals surface area (Å²) in [6.07, 6.45) is 7.92. The molecule has 0 saturated carbocycles. The van der Waals surface area contributed by atoms with Crippen molar-refractivity contribution in [1.29, 1.82) is 0 Å². The van der Waals surface area contributed by atoms with Crippen LogP contribution in [-0.4, -0.2) is 36.7 Å². The topological polar surface area (TPSA) is 18.5 Å². The van der Waals surface area contributed by atoms with Gasteiger partial charge in [-0.05, 0) is 86.4 Å². The normalized spacial score (nSPS) is 12.8. The van der Waals surface area contributed by atoms with Gasteiger partial charge in [0.25, 0.3) is 0 Å². The fourth-order valence-electron chi connectivity index (χ4n) is 3.90. The van der Waals surface area contributed by atoms with E-state index in [2.05, 4.69) is 46.9 Å². The van der Waals surface area contributed by atoms with Crippen molar-refractivity contribution >= 4 is 34.6 Å². The molecule has 0 fully saturated rings. The lowest BCUT2D eigenvalue weighted by Crippen LogP contribution is -2.38. The van der Waals surface area contributed by atoms with Crippen molar-refractivity contribution in [3.63, 3.8) is 0 Å². The summed E-state index contributed by atoms with van der Waals surface area (Å²) in [6.45, 7) is 7.56. The number of rotatable bonds is 10. The quantitative estimate of drug-likeness (QED) is 0.293. The van der Waals surface area contributed by atoms with Crippen molar-refractivity contribution < 1.29 is 0 Å². The van der Waals surface area contributed by atoms with Gasteiger partial charge in [-0.3, -0.25) is 0 Å². The van der Waals surface area contributed by atoms with Gasteiger partial charge < -0.3 is 15.1 Å². The third-order valence-electron chi connectivity index (χ3n) is 5.59. The summed E-state index contributed by atoms with van der Waals surface area (Å²) in [5.41, 5.74) is 5.27. The molecule has 160 valence electrons. The predicted octanol–water partition coefficient (Wildman–Crippen LogP) is 5.61. The molecule has 0 saturated heterocycles. The minimum atomic E-state index is 0.710. The van der Waals surface area contributed by atoms with Gasteiger partial charge in [-0.1, -0.05) is 48.4 Å². The highest BCUT2D eigenvalue weighted by Gasteiger charge is 2.22. The van der Waals surface area contributed by atoms with Crippen LogP contribution in [0, 0.1) is 0 Å². The molecule has 0 aliphatic carbocycles. The zero-order chi connectivity index (χ0) is 21.3. The fourth-order valence-corrected chi connectivity index (χ4v) is 4.28. The SMILES string of the molecule is C=CCN(C)CCCCCc1ccc2c(c1)CCN2C(=S)NCc1ccc(Cl)cc1. The van der Waals surface area contributed by atoms with Crippen LogP contribution in [0.5, 0.6) is 0 Å². The Morgan fingerprint density at radius 3 is 2.70 bits per heavy atom. The predicted molar refractivity (Wildman–Crippen MR) is 134 cm³/mol. The van der Waals surface area contributed by atoms with Crippen molar-refractivity contribution in [2.75, 3.05) is 31.6 Å². The van der Waals surface area contributed by atoms with Crippen molar-refractivity contribution in [3.05, 3.63) is 76.8 Å². The van der Waals surface area contributed by atoms with E-state index in [1.54, 1.807) is 0 Å². The van der Waals surface area contributed by atoms with Crippen LogP contribution < -0.4 is 10.2 Å². The number of hydrogen-bond acceptors (Lipinski definition) is 2. The number of aryl methyl sites for hydroxylation is 1. The highest BCUT2D eigenvalue weighted by Crippen LogP contribution is 2.29. The third-order valence-corrected chi connectivity index (χ3v) is 6.20. The molecule has 1 heterocycles. The monoisotopic (exact) mass is 441 g/mol. The Morgan fingerprint density at radius 1 is 1.17 bits per heavy atom. The average molecular weight is 442 g/mol. The molecule has 3 nitrogen and oxygen atoms in total. The Balaban J connectivity index is 1.46. The summed E-state index contributed by atoms with van der Waals surface area (Å²) in [5, 5.41) is 4.93. The number of nitrogens with zero attached hydrogens (tertiary/aromatic N) is 2. The maximum Gasteiger partial charge on any atom is 0.173 e. The van der Waals surface area contributed by atoms with E-state index in [4.69, 9.17) is 23.8 Å². The summed E-state index contributed by atoms with van der Waals surface area (Å²) in [4.78, 5) is 4.54. The van der Waals surface area contributed by atoms with Gasteiger partial charge in [0.15, 0.2) is 5.11 Å². The second kappa shape index (κ2) is 11.5. The Kier molecular flexibility index (Phi) is 8.74. The van der Waals surface area contributed by atoms with Gasteiger partial charge in [0.1, 0.15) is 0 Å². The zero-order valence-electron chi connectivity index (χ0n) is 17.9. The summed E-state index contributed by atoms with van der Waals surface area (Å²) in [7, 11) is 2.16. The van der Waals surface area contributed by atoms with Crippen LogP contribution in [0.25, 0.3) is 0 Å². The first-order chi connectivity index (χ1) is 14.6. The molecule has 0 bridgehead atoms. The molecular formula is C25H32ClN3S. The van der Waals surface area contributed by atoms with Crippen LogP contribution in [-0.2, 0) is 19.4 Å². The molecule has 3 rings (SSSR count). The second-order valence-corrected chi connectivity index (χ2v) is 8.83. The Hall–Kier alpha value is -1.88. The molecule has 0 unspecified atom stereocenters. The maximum absolute atomic E-state index is 5.96. The molecule has 0 aromatic heterocycles. The summed E-state index contributed by atoms with van der Waals surface area (Å²) >= 11 is 11.6. The molecular weight excluding hydrogens is 410 g/mol. The van der Waals surface area contributed by atoms with Crippen molar-refractivity contribution in [2.45, 2.75) is 38.6 Å². The number of nitrogens with one attached hydrogen (secondary N) is 1. The number of likely N-dealkylation sites (N-methyl/N-ethyl adjacent to an activating group) is 1. The van der Waals surface area contributed by atoms with Crippen molar-refractivity contribution in [1.82, 2.24) is 10.2 Å². The molecule has 30 heavy (non-hydrogen) atoms. The number of hydrogen-bond donors (Lipinski definition) is 1. The molecule has 1 N–H and O–H groups in total. The van der Waals surface area contributed by atoms with E-state index in [9.17, 15) is 0 Å². The summed E-state index contributed by atoms with van der Waals surface area (Å²) < 4.78 is 0. The van der Waals surface area contributed by atoms with Gasteiger partial charge in [-0.25, -0.2) is 0 Å². The van der Waals surface area contributed by atoms with E-state index < -0.39 is 0 Å². The van der Waals surface area contributed by atoms with Crippen LogP contribution in [0.4, 0.5) is 5.69 Å². The number of halogens is 1. The first-order valence-corrected chi connectivity index (χ1v) is 11.6. The van der Waals surface area contributed by atoms with Crippen LogP contribution in [0.15, 0.2) is 55.1 Å². The molecule has 1 aliphatic heterocycles. The molecule has 0 spiro atoms. The molecule has 1 aliphatic rings. The minimum absolute atomic E-state index is 0.710. The van der Waals surface area contributed by atoms with E-state index in [1.165, 1.54) is 41.6 Å². The molecule has 2 aromatic rings. The zero-order valence-corrected chi connectivity index (χ0v) is 19.4. The fraction of sp³-hybridized carbons (Fsp3) is 0.400. The highest BCUT2D eigenvalue weighted by molar-refractivity contribution is 7.80. The van der Waals surface area contributed by atoms with Gasteiger partial charge >= 0.3 is 0 Å². The Labute approximate surface area is 191 Å². The van der Waals surface area contributed by atoms with E-state index >= 15 is 0 Å². The van der Waals surface area contributed by atoms with Crippen LogP contribution in [0.2, 0.25) is 5.02 Å². The highest BCUT2D eigenvalue weighted by atomic mass is 35.5. The molecule has 2 aromatic carbocycles. The number of unbranched alkanes of at least 4 members (excludes halogenated alkanes) is 2. The molecule has 0 atom stereocenters. The number of fused-ring (bicyclic) bond motifs is 1. The van der Waals surface area contributed by atoms with Gasteiger partial charge in [-0.15, -0.1) is 6.58 Å². The van der Waals surface area contributed by atoms with E-state index in [1.807, 2.05) is 30.3 Å². The maximum atomic E-state index is 5.96. The lowest BCUT2D eigenvalue weighted by Gasteiger charge is -2.21. The number of anilines is 1. The van der Waals surface area contributed by atoms with Crippen LogP contribution in [0.1, 0.15) is 36.0 Å². The van der Waals surface area contributed by atoms with Gasteiger partial charge in [0.2, 0.25) is 0 Å². The largest absolute Gasteiger partial charge is 0.358 e. The van der Waals surface area contributed by atoms with Crippen molar-refractivity contribution in [3.8, 4) is 0 Å². The van der Waals surface area contributed by atoms with E-state index in [-0.39, 0.29) is 0 Å². The van der Waals surface area contributed by atoms with Crippen LogP contribution >= 0.6 is 23.8 Å².